The monoisotopic (exact) mass is 500 g/mol. The second-order valence-electron chi connectivity index (χ2n) is 10.2. The van der Waals surface area contributed by atoms with Crippen molar-refractivity contribution >= 4 is 35.2 Å². The number of amides is 2. The number of unbranched alkanes of at least 4 members (excludes halogenated alkanes) is 2. The molecule has 6 atom stereocenters. The van der Waals surface area contributed by atoms with E-state index in [-0.39, 0.29) is 29.6 Å². The van der Waals surface area contributed by atoms with Gasteiger partial charge in [0.25, 0.3) is 5.91 Å². The lowest BCUT2D eigenvalue weighted by molar-refractivity contribution is -0.149. The van der Waals surface area contributed by atoms with E-state index in [2.05, 4.69) is 13.5 Å². The van der Waals surface area contributed by atoms with Gasteiger partial charge in [-0.15, -0.1) is 18.3 Å². The van der Waals surface area contributed by atoms with Gasteiger partial charge in [-0.1, -0.05) is 31.2 Å². The normalized spacial score (nSPS) is 31.0. The maximum absolute atomic E-state index is 14.5. The molecule has 2 N–H and O–H groups in total. The van der Waals surface area contributed by atoms with E-state index in [0.29, 0.717) is 32.4 Å². The highest BCUT2D eigenvalue weighted by molar-refractivity contribution is 8.02. The fourth-order valence-corrected chi connectivity index (χ4v) is 9.10. The largest absolute Gasteiger partial charge is 0.481 e. The predicted molar refractivity (Wildman–Crippen MR) is 137 cm³/mol. The van der Waals surface area contributed by atoms with Crippen LogP contribution < -0.4 is 4.90 Å². The van der Waals surface area contributed by atoms with Crippen LogP contribution in [0.25, 0.3) is 0 Å². The Balaban J connectivity index is 1.80. The molecule has 3 aliphatic rings. The predicted octanol–water partition coefficient (Wildman–Crippen LogP) is 3.41. The van der Waals surface area contributed by atoms with Gasteiger partial charge >= 0.3 is 5.97 Å². The fraction of sp³-hybridized carbons (Fsp3) is 0.593. The number of carbonyl (C=O) groups excluding carboxylic acids is 2. The third-order valence-electron chi connectivity index (χ3n) is 8.11. The Labute approximate surface area is 211 Å². The minimum atomic E-state index is -0.944. The van der Waals surface area contributed by atoms with Gasteiger partial charge in [-0.25, -0.2) is 0 Å². The van der Waals surface area contributed by atoms with Crippen LogP contribution in [0.15, 0.2) is 30.9 Å². The molecule has 8 heteroatoms. The van der Waals surface area contributed by atoms with Crippen LogP contribution >= 0.6 is 11.8 Å². The molecule has 0 saturated carbocycles. The number of thioether (sulfide) groups is 1. The number of nitrogens with zero attached hydrogens (tertiary/aromatic N) is 2. The summed E-state index contributed by atoms with van der Waals surface area (Å²) in [6.07, 6.45) is 4.41. The van der Waals surface area contributed by atoms with E-state index in [9.17, 15) is 24.6 Å². The minimum Gasteiger partial charge on any atom is -0.481 e. The average molecular weight is 501 g/mol. The van der Waals surface area contributed by atoms with Crippen molar-refractivity contribution in [3.8, 4) is 0 Å². The smallest absolute Gasteiger partial charge is 0.308 e. The van der Waals surface area contributed by atoms with Crippen LogP contribution in [-0.4, -0.2) is 68.6 Å². The van der Waals surface area contributed by atoms with Gasteiger partial charge < -0.3 is 20.0 Å². The van der Waals surface area contributed by atoms with Gasteiger partial charge in [0, 0.05) is 30.6 Å². The third kappa shape index (κ3) is 3.99. The first-order valence-electron chi connectivity index (χ1n) is 12.5. The number of carboxylic acids is 1. The van der Waals surface area contributed by atoms with Crippen molar-refractivity contribution in [3.05, 3.63) is 42.0 Å². The number of benzene rings is 1. The molecule has 3 aliphatic heterocycles. The van der Waals surface area contributed by atoms with Crippen LogP contribution in [0.1, 0.15) is 43.7 Å². The molecule has 3 heterocycles. The number of anilines is 1. The highest BCUT2D eigenvalue weighted by atomic mass is 32.2. The lowest BCUT2D eigenvalue weighted by Crippen LogP contribution is -2.57. The summed E-state index contributed by atoms with van der Waals surface area (Å²) in [7, 11) is 0. The van der Waals surface area contributed by atoms with E-state index in [1.807, 2.05) is 32.0 Å². The first kappa shape index (κ1) is 25.8. The summed E-state index contributed by atoms with van der Waals surface area (Å²) >= 11 is 1.56. The molecule has 0 aliphatic carbocycles. The molecule has 3 fully saturated rings. The van der Waals surface area contributed by atoms with Crippen molar-refractivity contribution in [2.45, 2.75) is 62.5 Å². The Hall–Kier alpha value is -2.32. The molecule has 7 nitrogen and oxygen atoms in total. The van der Waals surface area contributed by atoms with Crippen molar-refractivity contribution in [2.24, 2.45) is 17.8 Å². The van der Waals surface area contributed by atoms with Crippen molar-refractivity contribution < 1.29 is 24.6 Å². The maximum atomic E-state index is 14.5. The molecule has 2 amide bonds. The van der Waals surface area contributed by atoms with E-state index in [1.54, 1.807) is 27.6 Å². The number of aryl methyl sites for hydroxylation is 2. The first-order valence-corrected chi connectivity index (χ1v) is 13.4. The molecule has 1 aromatic rings. The van der Waals surface area contributed by atoms with E-state index >= 15 is 0 Å². The number of aliphatic carboxylic acids is 1. The van der Waals surface area contributed by atoms with Crippen LogP contribution in [0.5, 0.6) is 0 Å². The minimum absolute atomic E-state index is 0.0435. The van der Waals surface area contributed by atoms with Crippen LogP contribution in [-0.2, 0) is 14.4 Å². The van der Waals surface area contributed by atoms with Crippen LogP contribution in [0.4, 0.5) is 5.69 Å². The number of carboxylic acid groups (broad SMARTS) is 1. The molecule has 1 spiro atoms. The molecule has 0 aromatic heterocycles. The number of para-hydroxylation sites is 1. The summed E-state index contributed by atoms with van der Waals surface area (Å²) in [5.41, 5.74) is 2.76. The summed E-state index contributed by atoms with van der Waals surface area (Å²) in [4.78, 5) is 44.1. The highest BCUT2D eigenvalue weighted by Crippen LogP contribution is 2.68. The summed E-state index contributed by atoms with van der Waals surface area (Å²) in [5, 5.41) is 19.1. The molecule has 3 unspecified atom stereocenters. The average Bonchev–Trinajstić information content (AvgIpc) is 3.39. The Bertz CT molecular complexity index is 1010. The standard InChI is InChI=1S/C27H36N2O5S/c1-5-12-28(22-16(2)10-9-11-17(22)3)25(32)23-27-18(4)15-19(35-27)20(26(33)34)21(27)24(31)29(23)13-7-6-8-14-30/h5,9-11,18-21,23,30H,1,6-8,12-15H2,2-4H3,(H,33,34)/t18?,19-,20+,21-,23?,27?/m0/s1. The molecular formula is C27H36N2O5S. The molecule has 4 rings (SSSR count). The van der Waals surface area contributed by atoms with Crippen molar-refractivity contribution in [3.63, 3.8) is 0 Å². The SMILES string of the molecule is C=CCN(C(=O)C1N(CCCCCO)C(=O)[C@@H]2[C@H](C(=O)O)[C@@H]3CC(C)C12S3)c1c(C)cccc1C. The second-order valence-corrected chi connectivity index (χ2v) is 11.7. The second kappa shape index (κ2) is 9.97. The van der Waals surface area contributed by atoms with Crippen molar-refractivity contribution in [2.75, 3.05) is 24.6 Å². The van der Waals surface area contributed by atoms with E-state index in [0.717, 1.165) is 23.2 Å². The lowest BCUT2D eigenvalue weighted by Gasteiger charge is -2.40. The van der Waals surface area contributed by atoms with Crippen LogP contribution in [0.3, 0.4) is 0 Å². The third-order valence-corrected chi connectivity index (χ3v) is 10.2. The number of hydrogen-bond acceptors (Lipinski definition) is 5. The first-order chi connectivity index (χ1) is 16.7. The highest BCUT2D eigenvalue weighted by Gasteiger charge is 2.76. The van der Waals surface area contributed by atoms with Gasteiger partial charge in [0.1, 0.15) is 6.04 Å². The van der Waals surface area contributed by atoms with Gasteiger partial charge in [-0.05, 0) is 56.6 Å². The van der Waals surface area contributed by atoms with Gasteiger partial charge in [-0.2, -0.15) is 0 Å². The summed E-state index contributed by atoms with van der Waals surface area (Å²) in [6.45, 7) is 10.7. The molecule has 0 radical (unpaired) electrons. The van der Waals surface area contributed by atoms with Crippen LogP contribution in [0.2, 0.25) is 0 Å². The Morgan fingerprint density at radius 2 is 1.94 bits per heavy atom. The fourth-order valence-electron chi connectivity index (χ4n) is 6.69. The van der Waals surface area contributed by atoms with E-state index < -0.39 is 28.6 Å². The molecular weight excluding hydrogens is 464 g/mol. The van der Waals surface area contributed by atoms with E-state index in [4.69, 9.17) is 0 Å². The summed E-state index contributed by atoms with van der Waals surface area (Å²) < 4.78 is -0.755. The Kier molecular flexibility index (Phi) is 7.34. The number of hydrogen-bond donors (Lipinski definition) is 2. The zero-order chi connectivity index (χ0) is 25.5. The molecule has 190 valence electrons. The quantitative estimate of drug-likeness (QED) is 0.377. The van der Waals surface area contributed by atoms with Gasteiger partial charge in [0.15, 0.2) is 0 Å². The van der Waals surface area contributed by atoms with Gasteiger partial charge in [0.2, 0.25) is 5.91 Å². The van der Waals surface area contributed by atoms with E-state index in [1.165, 1.54) is 0 Å². The number of fused-ring (bicyclic) bond motifs is 1. The van der Waals surface area contributed by atoms with Gasteiger partial charge in [-0.3, -0.25) is 14.4 Å². The summed E-state index contributed by atoms with van der Waals surface area (Å²) in [5.74, 6) is -2.74. The van der Waals surface area contributed by atoms with Crippen molar-refractivity contribution in [1.82, 2.24) is 4.90 Å². The number of rotatable bonds is 10. The zero-order valence-corrected chi connectivity index (χ0v) is 21.6. The Morgan fingerprint density at radius 3 is 2.54 bits per heavy atom. The van der Waals surface area contributed by atoms with Crippen LogP contribution in [0, 0.1) is 31.6 Å². The Morgan fingerprint density at radius 1 is 1.26 bits per heavy atom. The number of carbonyl (C=O) groups is 3. The zero-order valence-electron chi connectivity index (χ0n) is 20.8. The molecule has 35 heavy (non-hydrogen) atoms. The molecule has 3 saturated heterocycles. The van der Waals surface area contributed by atoms with Gasteiger partial charge in [0.05, 0.1) is 16.6 Å². The van der Waals surface area contributed by atoms with Crippen molar-refractivity contribution in [1.29, 1.82) is 0 Å². The topological polar surface area (TPSA) is 98.2 Å². The number of aliphatic hydroxyl groups is 1. The molecule has 1 aromatic carbocycles. The maximum Gasteiger partial charge on any atom is 0.308 e. The summed E-state index contributed by atoms with van der Waals surface area (Å²) in [6, 6.07) is 5.17. The molecule has 2 bridgehead atoms. The number of aliphatic hydroxyl groups excluding tert-OH is 1. The lowest BCUT2D eigenvalue weighted by atomic mass is 9.66. The number of likely N-dealkylation sites (tertiary alicyclic amines) is 1.